The first kappa shape index (κ1) is 18.8. The summed E-state index contributed by atoms with van der Waals surface area (Å²) in [4.78, 5) is 40.2. The predicted octanol–water partition coefficient (Wildman–Crippen LogP) is 2.72. The van der Waals surface area contributed by atoms with Crippen molar-refractivity contribution in [1.82, 2.24) is 19.8 Å². The van der Waals surface area contributed by atoms with Crippen LogP contribution in [0.25, 0.3) is 10.2 Å². The number of piperazine rings is 1. The minimum Gasteiger partial charge on any atom is -0.340 e. The maximum atomic E-state index is 13.0. The number of nitrogens with one attached hydrogen (secondary N) is 1. The highest BCUT2D eigenvalue weighted by atomic mass is 32.1. The van der Waals surface area contributed by atoms with Crippen molar-refractivity contribution < 1.29 is 4.79 Å². The molecule has 2 fully saturated rings. The van der Waals surface area contributed by atoms with Crippen LogP contribution in [0.15, 0.2) is 16.9 Å². The second-order valence-corrected chi connectivity index (χ2v) is 10.5. The molecular weight excluding hydrogens is 396 g/mol. The lowest BCUT2D eigenvalue weighted by molar-refractivity contribution is -0.138. The summed E-state index contributed by atoms with van der Waals surface area (Å²) in [5.74, 6) is 2.41. The van der Waals surface area contributed by atoms with Gasteiger partial charge in [0.15, 0.2) is 0 Å². The number of thiophene rings is 1. The number of hydrogen-bond donors (Lipinski definition) is 1. The van der Waals surface area contributed by atoms with E-state index in [9.17, 15) is 9.59 Å². The van der Waals surface area contributed by atoms with Gasteiger partial charge in [-0.2, -0.15) is 0 Å². The van der Waals surface area contributed by atoms with E-state index in [0.29, 0.717) is 24.3 Å². The SMILES string of the molecule is O=C([C@H]1C[C@@H]2C=C[C@H]1C2)N1CCN(Cc2nc3sc4c(c3c(=O)[nH]2)CCCC4)CC1. The quantitative estimate of drug-likeness (QED) is 0.770. The fraction of sp³-hybridized carbons (Fsp3) is 0.609. The number of allylic oxidation sites excluding steroid dienone is 2. The maximum Gasteiger partial charge on any atom is 0.259 e. The third-order valence-electron chi connectivity index (χ3n) is 7.53. The third-order valence-corrected chi connectivity index (χ3v) is 8.71. The minimum absolute atomic E-state index is 0.0209. The van der Waals surface area contributed by atoms with Crippen molar-refractivity contribution in [3.63, 3.8) is 0 Å². The molecule has 0 aromatic carbocycles. The van der Waals surface area contributed by atoms with Crippen LogP contribution in [0.3, 0.4) is 0 Å². The van der Waals surface area contributed by atoms with Crippen LogP contribution in [0.4, 0.5) is 0 Å². The van der Waals surface area contributed by atoms with Crippen LogP contribution in [0.5, 0.6) is 0 Å². The van der Waals surface area contributed by atoms with E-state index < -0.39 is 0 Å². The lowest BCUT2D eigenvalue weighted by atomic mass is 9.92. The Balaban J connectivity index is 1.12. The first-order valence-electron chi connectivity index (χ1n) is 11.4. The molecule has 2 aromatic heterocycles. The first-order chi connectivity index (χ1) is 14.7. The summed E-state index contributed by atoms with van der Waals surface area (Å²) in [6.45, 7) is 3.87. The van der Waals surface area contributed by atoms with Crippen molar-refractivity contribution in [3.8, 4) is 0 Å². The van der Waals surface area contributed by atoms with E-state index in [0.717, 1.165) is 61.5 Å². The molecule has 4 aliphatic rings. The number of aryl methyl sites for hydroxylation is 2. The molecule has 1 saturated carbocycles. The van der Waals surface area contributed by atoms with E-state index in [-0.39, 0.29) is 11.5 Å². The van der Waals surface area contributed by atoms with Gasteiger partial charge in [-0.1, -0.05) is 12.2 Å². The van der Waals surface area contributed by atoms with Gasteiger partial charge in [0, 0.05) is 37.0 Å². The van der Waals surface area contributed by atoms with E-state index >= 15 is 0 Å². The standard InChI is InChI=1S/C23H28N4O2S/c28-21-20-16-3-1-2-4-18(16)30-22(20)25-19(24-21)13-26-7-9-27(10-8-26)23(29)17-12-14-5-6-15(17)11-14/h5-6,14-15,17H,1-4,7-13H2,(H,24,25,28)/t14-,15+,17+/m1/s1. The van der Waals surface area contributed by atoms with Gasteiger partial charge < -0.3 is 9.88 Å². The molecule has 1 N–H and O–H groups in total. The van der Waals surface area contributed by atoms with Crippen LogP contribution in [-0.2, 0) is 24.2 Å². The molecule has 7 heteroatoms. The Bertz CT molecular complexity index is 1080. The number of amides is 1. The average Bonchev–Trinajstić information content (AvgIpc) is 3.47. The molecule has 2 bridgehead atoms. The molecule has 30 heavy (non-hydrogen) atoms. The zero-order valence-corrected chi connectivity index (χ0v) is 18.0. The Hall–Kier alpha value is -1.99. The van der Waals surface area contributed by atoms with Crippen LogP contribution < -0.4 is 5.56 Å². The zero-order chi connectivity index (χ0) is 20.2. The van der Waals surface area contributed by atoms with Gasteiger partial charge in [-0.3, -0.25) is 14.5 Å². The van der Waals surface area contributed by atoms with E-state index in [1.165, 1.54) is 29.7 Å². The van der Waals surface area contributed by atoms with E-state index in [1.807, 2.05) is 0 Å². The molecule has 1 amide bonds. The van der Waals surface area contributed by atoms with Crippen LogP contribution in [0, 0.1) is 17.8 Å². The number of carbonyl (C=O) groups excluding carboxylic acids is 1. The number of aromatic nitrogens is 2. The Kier molecular flexibility index (Phi) is 4.57. The van der Waals surface area contributed by atoms with Gasteiger partial charge in [0.25, 0.3) is 5.56 Å². The molecule has 158 valence electrons. The van der Waals surface area contributed by atoms with Crippen LogP contribution >= 0.6 is 11.3 Å². The van der Waals surface area contributed by atoms with Crippen LogP contribution in [-0.4, -0.2) is 51.9 Å². The van der Waals surface area contributed by atoms with Gasteiger partial charge in [0.1, 0.15) is 10.7 Å². The summed E-state index contributed by atoms with van der Waals surface area (Å²) in [7, 11) is 0. The number of H-pyrrole nitrogens is 1. The van der Waals surface area contributed by atoms with Crippen molar-refractivity contribution in [2.45, 2.75) is 45.1 Å². The largest absolute Gasteiger partial charge is 0.340 e. The smallest absolute Gasteiger partial charge is 0.259 e. The number of fused-ring (bicyclic) bond motifs is 5. The molecule has 3 heterocycles. The van der Waals surface area contributed by atoms with Crippen molar-refractivity contribution in [2.24, 2.45) is 17.8 Å². The summed E-state index contributed by atoms with van der Waals surface area (Å²) in [6, 6.07) is 0. The van der Waals surface area contributed by atoms with E-state index in [4.69, 9.17) is 4.98 Å². The normalized spacial score (nSPS) is 28.4. The van der Waals surface area contributed by atoms with Crippen LogP contribution in [0.1, 0.15) is 41.9 Å². The highest BCUT2D eigenvalue weighted by Crippen LogP contribution is 2.44. The van der Waals surface area contributed by atoms with Crippen molar-refractivity contribution in [1.29, 1.82) is 0 Å². The minimum atomic E-state index is 0.0209. The molecular formula is C23H28N4O2S. The fourth-order valence-electron chi connectivity index (χ4n) is 5.92. The van der Waals surface area contributed by atoms with Gasteiger partial charge in [0.05, 0.1) is 11.9 Å². The molecule has 1 saturated heterocycles. The number of nitrogens with zero attached hydrogens (tertiary/aromatic N) is 3. The molecule has 1 aliphatic heterocycles. The summed E-state index contributed by atoms with van der Waals surface area (Å²) in [5, 5.41) is 0.828. The van der Waals surface area contributed by atoms with Crippen LogP contribution in [0.2, 0.25) is 0 Å². The molecule has 3 aliphatic carbocycles. The highest BCUT2D eigenvalue weighted by molar-refractivity contribution is 7.18. The molecule has 0 radical (unpaired) electrons. The average molecular weight is 425 g/mol. The summed E-state index contributed by atoms with van der Waals surface area (Å²) < 4.78 is 0. The summed E-state index contributed by atoms with van der Waals surface area (Å²) in [6.07, 6.45) is 11.2. The second kappa shape index (κ2) is 7.31. The lowest BCUT2D eigenvalue weighted by Gasteiger charge is -2.36. The zero-order valence-electron chi connectivity index (χ0n) is 17.2. The maximum absolute atomic E-state index is 13.0. The Morgan fingerprint density at radius 2 is 1.97 bits per heavy atom. The first-order valence-corrected chi connectivity index (χ1v) is 12.2. The number of rotatable bonds is 3. The topological polar surface area (TPSA) is 69.3 Å². The van der Waals surface area contributed by atoms with Gasteiger partial charge >= 0.3 is 0 Å². The number of aromatic amines is 1. The number of carbonyl (C=O) groups is 1. The van der Waals surface area contributed by atoms with Gasteiger partial charge in [-0.15, -0.1) is 11.3 Å². The fourth-order valence-corrected chi connectivity index (χ4v) is 7.20. The molecule has 6 nitrogen and oxygen atoms in total. The van der Waals surface area contributed by atoms with E-state index in [2.05, 4.69) is 26.9 Å². The third kappa shape index (κ3) is 3.14. The summed E-state index contributed by atoms with van der Waals surface area (Å²) >= 11 is 1.71. The predicted molar refractivity (Wildman–Crippen MR) is 118 cm³/mol. The Morgan fingerprint density at radius 1 is 1.13 bits per heavy atom. The highest BCUT2D eigenvalue weighted by Gasteiger charge is 2.41. The second-order valence-electron chi connectivity index (χ2n) is 9.39. The van der Waals surface area contributed by atoms with E-state index in [1.54, 1.807) is 11.3 Å². The van der Waals surface area contributed by atoms with Crippen molar-refractivity contribution >= 4 is 27.5 Å². The molecule has 0 unspecified atom stereocenters. The molecule has 3 atom stereocenters. The van der Waals surface area contributed by atoms with Gasteiger partial charge in [-0.05, 0) is 55.9 Å². The lowest BCUT2D eigenvalue weighted by Crippen LogP contribution is -2.50. The Morgan fingerprint density at radius 3 is 2.73 bits per heavy atom. The van der Waals surface area contributed by atoms with Crippen molar-refractivity contribution in [3.05, 3.63) is 38.8 Å². The summed E-state index contributed by atoms with van der Waals surface area (Å²) in [5.41, 5.74) is 1.26. The van der Waals surface area contributed by atoms with Crippen molar-refractivity contribution in [2.75, 3.05) is 26.2 Å². The molecule has 6 rings (SSSR count). The molecule has 2 aromatic rings. The van der Waals surface area contributed by atoms with Gasteiger partial charge in [-0.25, -0.2) is 4.98 Å². The monoisotopic (exact) mass is 424 g/mol. The van der Waals surface area contributed by atoms with Gasteiger partial charge in [0.2, 0.25) is 5.91 Å². The Labute approximate surface area is 180 Å². The molecule has 0 spiro atoms. The number of hydrogen-bond acceptors (Lipinski definition) is 5.